The van der Waals surface area contributed by atoms with E-state index in [0.717, 1.165) is 42.8 Å². The van der Waals surface area contributed by atoms with Crippen LogP contribution >= 0.6 is 23.1 Å². The summed E-state index contributed by atoms with van der Waals surface area (Å²) in [5.41, 5.74) is -0.468. The number of nitrogens with zero attached hydrogens (tertiary/aromatic N) is 5. The molecular formula is C64H73N8O13S2+. The number of thioether (sulfide) groups is 1. The second-order valence-electron chi connectivity index (χ2n) is 24.0. The van der Waals surface area contributed by atoms with Crippen molar-refractivity contribution in [1.29, 1.82) is 0 Å². The Bertz CT molecular complexity index is 3640. The van der Waals surface area contributed by atoms with Crippen LogP contribution < -0.4 is 30.9 Å². The van der Waals surface area contributed by atoms with Gasteiger partial charge < -0.3 is 48.2 Å². The van der Waals surface area contributed by atoms with E-state index in [2.05, 4.69) is 26.1 Å². The number of pyridine rings is 1. The number of para-hydroxylation sites is 1. The Labute approximate surface area is 512 Å². The van der Waals surface area contributed by atoms with E-state index in [1.165, 1.54) is 35.9 Å². The van der Waals surface area contributed by atoms with Crippen molar-refractivity contribution in [2.45, 2.75) is 109 Å². The molecule has 3 aliphatic rings. The SMILES string of the molecule is COc1ccc(COc2cn(C)c3c(C(=O)NCC[N+]4(CC5=C(C(=O)OC(c6ccccc6)c6ccccc6)N6C(=O)[C@@H](NC(=O)/C(=N\OC(C)(C)C(=O)OC(C)(C)C)c7csc(NC(=O)OC(C)(C)C)n7)[C@H]6SC5)CCCC4)cccc3c2=O)cc1. The van der Waals surface area contributed by atoms with Crippen molar-refractivity contribution >= 4 is 80.6 Å². The van der Waals surface area contributed by atoms with Crippen LogP contribution in [0, 0.1) is 0 Å². The highest BCUT2D eigenvalue weighted by molar-refractivity contribution is 8.00. The monoisotopic (exact) mass is 1230 g/mol. The standard InChI is InChI=1S/C64H72N8O13S2/c1-62(2,3)83-59(78)64(7,8)85-69-48(46-38-87-60(66-46)68-61(79)84-63(4,5)6)55(75)67-49-56(76)71-50(58(77)82-53(40-20-13-11-14-21-40)41-22-15-12-16-23-41)42(37-86-57(49)71)35-72(31-17-18-32-72)33-30-65-54(74)45-25-19-24-44-51(45)70(9)34-47(52(44)73)81-36-39-26-28-43(80-10)29-27-39/h11-16,19-29,34,38,49,53,57H,17-18,30-33,35-37H2,1-10H3,(H2-,65,66,67,68,74,75,79)/p+1/b69-48-/t49-,57-/m1/s1. The number of ether oxygens (including phenoxy) is 5. The zero-order valence-corrected chi connectivity index (χ0v) is 52.1. The maximum Gasteiger partial charge on any atom is 0.413 e. The molecule has 0 unspecified atom stereocenters. The van der Waals surface area contributed by atoms with Crippen LogP contribution in [0.3, 0.4) is 0 Å². The van der Waals surface area contributed by atoms with E-state index in [-0.39, 0.29) is 52.5 Å². The number of benzene rings is 4. The largest absolute Gasteiger partial charge is 0.497 e. The highest BCUT2D eigenvalue weighted by Crippen LogP contribution is 2.43. The topological polar surface area (TPSA) is 244 Å². The number of thiazole rings is 1. The van der Waals surface area contributed by atoms with Crippen LogP contribution in [0.5, 0.6) is 11.5 Å². The molecule has 3 aliphatic heterocycles. The van der Waals surface area contributed by atoms with E-state index < -0.39 is 69.9 Å². The van der Waals surface area contributed by atoms with Gasteiger partial charge in [0.25, 0.3) is 17.7 Å². The molecule has 6 aromatic rings. The molecule has 5 heterocycles. The van der Waals surface area contributed by atoms with Gasteiger partial charge in [-0.05, 0) is 96.3 Å². The zero-order valence-electron chi connectivity index (χ0n) is 50.4. The summed E-state index contributed by atoms with van der Waals surface area (Å²) >= 11 is 2.34. The average molecular weight is 1230 g/mol. The molecule has 3 N–H and O–H groups in total. The van der Waals surface area contributed by atoms with Gasteiger partial charge >= 0.3 is 18.0 Å². The number of quaternary nitrogens is 1. The quantitative estimate of drug-likeness (QED) is 0.0152. The predicted octanol–water partition coefficient (Wildman–Crippen LogP) is 8.80. The number of fused-ring (bicyclic) bond motifs is 2. The smallest absolute Gasteiger partial charge is 0.413 e. The number of likely N-dealkylation sites (tertiary alicyclic amines) is 1. The van der Waals surface area contributed by atoms with Crippen LogP contribution in [0.2, 0.25) is 0 Å². The number of aromatic nitrogens is 2. The van der Waals surface area contributed by atoms with E-state index in [0.29, 0.717) is 56.5 Å². The number of anilines is 1. The Kier molecular flexibility index (Phi) is 19.0. The minimum absolute atomic E-state index is 0.0532. The molecule has 2 aromatic heterocycles. The first kappa shape index (κ1) is 63.0. The second kappa shape index (κ2) is 26.2. The molecule has 458 valence electrons. The van der Waals surface area contributed by atoms with Gasteiger partial charge in [0, 0.05) is 36.6 Å². The first-order valence-electron chi connectivity index (χ1n) is 28.6. The lowest BCUT2D eigenvalue weighted by Crippen LogP contribution is -2.71. The van der Waals surface area contributed by atoms with E-state index >= 15 is 4.79 Å². The zero-order chi connectivity index (χ0) is 62.4. The minimum Gasteiger partial charge on any atom is -0.497 e. The number of oxime groups is 1. The fourth-order valence-electron chi connectivity index (χ4n) is 10.5. The fraction of sp³-hybridized carbons (Fsp3) is 0.391. The number of hydrogen-bond donors (Lipinski definition) is 3. The lowest BCUT2D eigenvalue weighted by Gasteiger charge is -2.50. The van der Waals surface area contributed by atoms with Gasteiger partial charge in [-0.15, -0.1) is 23.1 Å². The number of esters is 2. The number of amides is 4. The van der Waals surface area contributed by atoms with Crippen molar-refractivity contribution in [2.24, 2.45) is 12.2 Å². The number of methoxy groups -OCH3 is 1. The van der Waals surface area contributed by atoms with E-state index in [1.807, 2.05) is 84.9 Å². The lowest BCUT2D eigenvalue weighted by atomic mass is 10.00. The van der Waals surface area contributed by atoms with Gasteiger partial charge in [-0.3, -0.25) is 29.4 Å². The van der Waals surface area contributed by atoms with Crippen LogP contribution in [0.4, 0.5) is 9.93 Å². The molecule has 0 radical (unpaired) electrons. The Morgan fingerprint density at radius 2 is 1.48 bits per heavy atom. The van der Waals surface area contributed by atoms with Crippen molar-refractivity contribution in [1.82, 2.24) is 25.1 Å². The summed E-state index contributed by atoms with van der Waals surface area (Å²) in [4.78, 5) is 110. The van der Waals surface area contributed by atoms with Gasteiger partial charge in [-0.2, -0.15) is 0 Å². The van der Waals surface area contributed by atoms with Crippen molar-refractivity contribution in [3.8, 4) is 11.5 Å². The number of nitrogens with one attached hydrogen (secondary N) is 3. The maximum absolute atomic E-state index is 15.3. The molecule has 0 saturated carbocycles. The predicted molar refractivity (Wildman–Crippen MR) is 330 cm³/mol. The summed E-state index contributed by atoms with van der Waals surface area (Å²) in [5.74, 6) is -2.25. The molecule has 2 saturated heterocycles. The third-order valence-electron chi connectivity index (χ3n) is 14.7. The van der Waals surface area contributed by atoms with Gasteiger partial charge in [0.15, 0.2) is 22.7 Å². The third-order valence-corrected chi connectivity index (χ3v) is 16.8. The summed E-state index contributed by atoms with van der Waals surface area (Å²) in [5, 5.41) is 13.7. The molecule has 0 bridgehead atoms. The molecule has 9 rings (SSSR count). The fourth-order valence-corrected chi connectivity index (χ4v) is 12.5. The Morgan fingerprint density at radius 1 is 0.828 bits per heavy atom. The molecule has 0 aliphatic carbocycles. The maximum atomic E-state index is 15.3. The molecule has 2 fully saturated rings. The molecule has 4 amide bonds. The summed E-state index contributed by atoms with van der Waals surface area (Å²) in [6.07, 6.45) is 1.70. The van der Waals surface area contributed by atoms with Crippen LogP contribution in [-0.2, 0) is 51.9 Å². The molecule has 87 heavy (non-hydrogen) atoms. The highest BCUT2D eigenvalue weighted by Gasteiger charge is 2.56. The van der Waals surface area contributed by atoms with Crippen molar-refractivity contribution in [3.05, 3.63) is 164 Å². The third kappa shape index (κ3) is 15.0. The van der Waals surface area contributed by atoms with Crippen LogP contribution in [-0.4, -0.2) is 134 Å². The van der Waals surface area contributed by atoms with Gasteiger partial charge in [-0.1, -0.05) is 84.0 Å². The summed E-state index contributed by atoms with van der Waals surface area (Å²) in [6.45, 7) is 15.7. The summed E-state index contributed by atoms with van der Waals surface area (Å²) in [6, 6.07) is 29.8. The molecule has 4 aromatic carbocycles. The summed E-state index contributed by atoms with van der Waals surface area (Å²) < 4.78 is 31.0. The van der Waals surface area contributed by atoms with Crippen LogP contribution in [0.15, 0.2) is 136 Å². The van der Waals surface area contributed by atoms with Gasteiger partial charge in [0.05, 0.1) is 56.0 Å². The van der Waals surface area contributed by atoms with E-state index in [9.17, 15) is 28.8 Å². The van der Waals surface area contributed by atoms with Gasteiger partial charge in [0.2, 0.25) is 11.0 Å². The van der Waals surface area contributed by atoms with Gasteiger partial charge in [-0.25, -0.2) is 19.4 Å². The number of carbonyl (C=O) groups is 6. The van der Waals surface area contributed by atoms with Crippen LogP contribution in [0.25, 0.3) is 10.9 Å². The van der Waals surface area contributed by atoms with Crippen molar-refractivity contribution < 1.29 is 61.8 Å². The molecule has 0 spiro atoms. The highest BCUT2D eigenvalue weighted by atomic mass is 32.2. The number of β-lactam (4-membered cyclic amide) rings is 1. The molecule has 2 atom stereocenters. The van der Waals surface area contributed by atoms with Crippen molar-refractivity contribution in [2.75, 3.05) is 50.9 Å². The van der Waals surface area contributed by atoms with Crippen molar-refractivity contribution in [3.63, 3.8) is 0 Å². The number of rotatable bonds is 21. The Morgan fingerprint density at radius 3 is 2.11 bits per heavy atom. The number of hydrogen-bond acceptors (Lipinski definition) is 17. The lowest BCUT2D eigenvalue weighted by molar-refractivity contribution is -0.911. The molecule has 23 heteroatoms. The first-order valence-corrected chi connectivity index (χ1v) is 30.5. The Balaban J connectivity index is 0.979. The minimum atomic E-state index is -1.71. The molecule has 21 nitrogen and oxygen atoms in total. The van der Waals surface area contributed by atoms with E-state index in [1.54, 1.807) is 84.7 Å². The number of aryl methyl sites for hydroxylation is 1. The number of carbonyl (C=O) groups excluding carboxylic acids is 6. The van der Waals surface area contributed by atoms with Crippen LogP contribution in [0.1, 0.15) is 107 Å². The summed E-state index contributed by atoms with van der Waals surface area (Å²) in [7, 11) is 3.35. The Hall–Kier alpha value is -8.54. The van der Waals surface area contributed by atoms with Gasteiger partial charge in [0.1, 0.15) is 52.9 Å². The first-order chi connectivity index (χ1) is 41.3. The normalized spacial score (nSPS) is 16.8. The van der Waals surface area contributed by atoms with E-state index in [4.69, 9.17) is 28.5 Å². The second-order valence-corrected chi connectivity index (χ2v) is 26.0. The average Bonchev–Trinajstić information content (AvgIpc) is 1.30. The molecular weight excluding hydrogens is 1150 g/mol.